The number of nitrogens with zero attached hydrogens (tertiary/aromatic N) is 2. The first-order chi connectivity index (χ1) is 12.8. The maximum absolute atomic E-state index is 13.0. The summed E-state index contributed by atoms with van der Waals surface area (Å²) in [7, 11) is -1.44. The van der Waals surface area contributed by atoms with Crippen molar-refractivity contribution in [1.82, 2.24) is 4.31 Å². The third-order valence-electron chi connectivity index (χ3n) is 4.42. The number of ether oxygens (including phenoxy) is 1. The molecule has 0 radical (unpaired) electrons. The molecule has 27 heavy (non-hydrogen) atoms. The average molecular weight is 390 g/mol. The zero-order chi connectivity index (χ0) is 19.8. The lowest BCUT2D eigenvalue weighted by molar-refractivity contribution is -0.387. The highest BCUT2D eigenvalue weighted by molar-refractivity contribution is 7.89. The van der Waals surface area contributed by atoms with Crippen LogP contribution in [-0.2, 0) is 10.0 Å². The number of para-hydroxylation sites is 1. The molecule has 0 amide bonds. The Kier molecular flexibility index (Phi) is 4.90. The van der Waals surface area contributed by atoms with Crippen molar-refractivity contribution in [1.29, 1.82) is 0 Å². The van der Waals surface area contributed by atoms with E-state index in [0.29, 0.717) is 11.3 Å². The van der Waals surface area contributed by atoms with Gasteiger partial charge in [-0.3, -0.25) is 10.1 Å². The molecule has 0 bridgehead atoms. The third-order valence-corrected chi connectivity index (χ3v) is 6.40. The SMILES string of the molecule is COc1ccc(S(=O)(=O)N(C)C(C)c2cc3ccccc3o2)c([N+](=O)[O-])c1. The third kappa shape index (κ3) is 3.38. The number of fused-ring (bicyclic) bond motifs is 1. The standard InChI is InChI=1S/C18H18N2O6S/c1-12(17-10-13-6-4-5-7-16(13)26-17)19(2)27(23,24)18-9-8-14(25-3)11-15(18)20(21)22/h4-12H,1-3H3. The molecular formula is C18H18N2O6S. The van der Waals surface area contributed by atoms with Crippen LogP contribution in [0.25, 0.3) is 11.0 Å². The molecule has 0 aliphatic rings. The molecular weight excluding hydrogens is 372 g/mol. The summed E-state index contributed by atoms with van der Waals surface area (Å²) in [6.07, 6.45) is 0. The smallest absolute Gasteiger partial charge is 0.293 e. The Morgan fingerprint density at radius 2 is 1.89 bits per heavy atom. The Hall–Kier alpha value is -2.91. The number of nitro benzene ring substituents is 1. The summed E-state index contributed by atoms with van der Waals surface area (Å²) in [6, 6.07) is 12.1. The lowest BCUT2D eigenvalue weighted by Gasteiger charge is -2.22. The molecule has 1 atom stereocenters. The number of sulfonamides is 1. The molecule has 9 heteroatoms. The number of furan rings is 1. The molecule has 142 valence electrons. The molecule has 1 heterocycles. The van der Waals surface area contributed by atoms with Gasteiger partial charge in [-0.25, -0.2) is 8.42 Å². The molecule has 8 nitrogen and oxygen atoms in total. The molecule has 1 aromatic heterocycles. The van der Waals surface area contributed by atoms with Crippen LogP contribution in [0.4, 0.5) is 5.69 Å². The molecule has 3 aromatic rings. The van der Waals surface area contributed by atoms with Gasteiger partial charge in [-0.1, -0.05) is 18.2 Å². The maximum Gasteiger partial charge on any atom is 0.293 e. The van der Waals surface area contributed by atoms with Gasteiger partial charge in [0.25, 0.3) is 5.69 Å². The van der Waals surface area contributed by atoms with Gasteiger partial charge in [0, 0.05) is 12.4 Å². The second-order valence-corrected chi connectivity index (χ2v) is 7.94. The van der Waals surface area contributed by atoms with Crippen LogP contribution in [0, 0.1) is 10.1 Å². The van der Waals surface area contributed by atoms with E-state index in [2.05, 4.69) is 0 Å². The van der Waals surface area contributed by atoms with E-state index in [4.69, 9.17) is 9.15 Å². The van der Waals surface area contributed by atoms with E-state index in [1.807, 2.05) is 18.2 Å². The Bertz CT molecular complexity index is 1070. The largest absolute Gasteiger partial charge is 0.497 e. The van der Waals surface area contributed by atoms with Crippen LogP contribution in [0.2, 0.25) is 0 Å². The van der Waals surface area contributed by atoms with Crippen LogP contribution in [0.5, 0.6) is 5.75 Å². The summed E-state index contributed by atoms with van der Waals surface area (Å²) in [5.41, 5.74) is 0.0959. The zero-order valence-electron chi connectivity index (χ0n) is 14.9. The normalized spacial score (nSPS) is 13.0. The molecule has 0 spiro atoms. The first-order valence-corrected chi connectivity index (χ1v) is 9.48. The molecule has 2 aromatic carbocycles. The van der Waals surface area contributed by atoms with Crippen LogP contribution in [-0.4, -0.2) is 31.8 Å². The van der Waals surface area contributed by atoms with Gasteiger partial charge >= 0.3 is 0 Å². The van der Waals surface area contributed by atoms with Crippen molar-refractivity contribution in [2.24, 2.45) is 0 Å². The molecule has 0 saturated carbocycles. The number of hydrogen-bond donors (Lipinski definition) is 0. The van der Waals surface area contributed by atoms with Gasteiger partial charge < -0.3 is 9.15 Å². The summed E-state index contributed by atoms with van der Waals surface area (Å²) in [4.78, 5) is 10.2. The van der Waals surface area contributed by atoms with Gasteiger partial charge in [0.05, 0.1) is 24.1 Å². The van der Waals surface area contributed by atoms with Gasteiger partial charge in [-0.2, -0.15) is 4.31 Å². The van der Waals surface area contributed by atoms with Gasteiger partial charge in [-0.15, -0.1) is 0 Å². The maximum atomic E-state index is 13.0. The minimum Gasteiger partial charge on any atom is -0.497 e. The van der Waals surface area contributed by atoms with Crippen molar-refractivity contribution in [2.45, 2.75) is 17.9 Å². The Labute approximate surface area is 156 Å². The minimum atomic E-state index is -4.15. The van der Waals surface area contributed by atoms with Gasteiger partial charge in [0.15, 0.2) is 4.90 Å². The van der Waals surface area contributed by atoms with Crippen LogP contribution >= 0.6 is 0 Å². The molecule has 0 aliphatic carbocycles. The molecule has 0 fully saturated rings. The number of benzene rings is 2. The van der Waals surface area contributed by atoms with E-state index in [1.165, 1.54) is 26.3 Å². The second-order valence-electron chi connectivity index (χ2n) is 5.97. The van der Waals surface area contributed by atoms with Crippen LogP contribution in [0.15, 0.2) is 57.8 Å². The van der Waals surface area contributed by atoms with Crippen molar-refractivity contribution in [3.05, 3.63) is 64.4 Å². The van der Waals surface area contributed by atoms with E-state index in [9.17, 15) is 18.5 Å². The summed E-state index contributed by atoms with van der Waals surface area (Å²) < 4.78 is 37.8. The first kappa shape index (κ1) is 18.9. The quantitative estimate of drug-likeness (QED) is 0.469. The van der Waals surface area contributed by atoms with Gasteiger partial charge in [0.2, 0.25) is 10.0 Å². The monoisotopic (exact) mass is 390 g/mol. The summed E-state index contributed by atoms with van der Waals surface area (Å²) in [5, 5.41) is 12.2. The van der Waals surface area contributed by atoms with Gasteiger partial charge in [-0.05, 0) is 31.2 Å². The fourth-order valence-corrected chi connectivity index (χ4v) is 4.20. The molecule has 3 rings (SSSR count). The Morgan fingerprint density at radius 3 is 2.52 bits per heavy atom. The highest BCUT2D eigenvalue weighted by Gasteiger charge is 2.34. The van der Waals surface area contributed by atoms with Crippen molar-refractivity contribution in [3.8, 4) is 5.75 Å². The average Bonchev–Trinajstić information content (AvgIpc) is 3.10. The second kappa shape index (κ2) is 7.01. The highest BCUT2D eigenvalue weighted by Crippen LogP contribution is 2.34. The number of hydrogen-bond acceptors (Lipinski definition) is 6. The van der Waals surface area contributed by atoms with E-state index in [-0.39, 0.29) is 5.75 Å². The predicted molar refractivity (Wildman–Crippen MR) is 99.2 cm³/mol. The summed E-state index contributed by atoms with van der Waals surface area (Å²) in [5.74, 6) is 0.645. The predicted octanol–water partition coefficient (Wildman–Crippen LogP) is 3.73. The molecule has 0 aliphatic heterocycles. The van der Waals surface area contributed by atoms with E-state index in [1.54, 1.807) is 19.1 Å². The van der Waals surface area contributed by atoms with Crippen molar-refractivity contribution < 1.29 is 22.5 Å². The lowest BCUT2D eigenvalue weighted by Crippen LogP contribution is -2.30. The van der Waals surface area contributed by atoms with Crippen molar-refractivity contribution in [3.63, 3.8) is 0 Å². The number of methoxy groups -OCH3 is 1. The molecule has 0 N–H and O–H groups in total. The number of rotatable bonds is 6. The van der Waals surface area contributed by atoms with E-state index >= 15 is 0 Å². The fraction of sp³-hybridized carbons (Fsp3) is 0.222. The lowest BCUT2D eigenvalue weighted by atomic mass is 10.2. The first-order valence-electron chi connectivity index (χ1n) is 8.04. The minimum absolute atomic E-state index is 0.202. The van der Waals surface area contributed by atoms with Gasteiger partial charge in [0.1, 0.15) is 17.1 Å². The topological polar surface area (TPSA) is 103 Å². The Morgan fingerprint density at radius 1 is 1.19 bits per heavy atom. The number of nitro groups is 1. The van der Waals surface area contributed by atoms with E-state index < -0.39 is 31.6 Å². The highest BCUT2D eigenvalue weighted by atomic mass is 32.2. The van der Waals surface area contributed by atoms with E-state index in [0.717, 1.165) is 15.8 Å². The van der Waals surface area contributed by atoms with Crippen molar-refractivity contribution in [2.75, 3.05) is 14.2 Å². The van der Waals surface area contributed by atoms with Crippen molar-refractivity contribution >= 4 is 26.7 Å². The van der Waals surface area contributed by atoms with Crippen LogP contribution in [0.3, 0.4) is 0 Å². The van der Waals surface area contributed by atoms with Crippen LogP contribution in [0.1, 0.15) is 18.7 Å². The summed E-state index contributed by atoms with van der Waals surface area (Å²) in [6.45, 7) is 1.66. The summed E-state index contributed by atoms with van der Waals surface area (Å²) >= 11 is 0. The Balaban J connectivity index is 2.02. The zero-order valence-corrected chi connectivity index (χ0v) is 15.8. The molecule has 0 saturated heterocycles. The fourth-order valence-electron chi connectivity index (χ4n) is 2.74. The van der Waals surface area contributed by atoms with Crippen LogP contribution < -0.4 is 4.74 Å². The molecule has 1 unspecified atom stereocenters.